The van der Waals surface area contributed by atoms with Crippen molar-refractivity contribution >= 4 is 0 Å². The Balaban J connectivity index is 2.22. The van der Waals surface area contributed by atoms with Crippen LogP contribution in [0.5, 0.6) is 5.75 Å². The van der Waals surface area contributed by atoms with E-state index in [1.807, 2.05) is 18.2 Å². The van der Waals surface area contributed by atoms with Crippen LogP contribution in [0.2, 0.25) is 0 Å². The third kappa shape index (κ3) is 2.68. The van der Waals surface area contributed by atoms with Crippen LogP contribution in [0.1, 0.15) is 29.7 Å². The van der Waals surface area contributed by atoms with Crippen molar-refractivity contribution in [1.82, 2.24) is 0 Å². The number of para-hydroxylation sites is 1. The Morgan fingerprint density at radius 1 is 0.824 bits per heavy atom. The van der Waals surface area contributed by atoms with Crippen LogP contribution in [0, 0.1) is 13.8 Å². The number of ether oxygens (including phenoxy) is 1. The number of aryl methyl sites for hydroxylation is 2. The molecule has 88 valence electrons. The highest BCUT2D eigenvalue weighted by atomic mass is 16.5. The molecule has 0 radical (unpaired) electrons. The molecule has 0 amide bonds. The van der Waals surface area contributed by atoms with Gasteiger partial charge in [-0.1, -0.05) is 48.5 Å². The zero-order chi connectivity index (χ0) is 12.3. The third-order valence-electron chi connectivity index (χ3n) is 2.97. The fraction of sp³-hybridized carbons (Fsp3) is 0.250. The van der Waals surface area contributed by atoms with Gasteiger partial charge in [-0.3, -0.25) is 0 Å². The summed E-state index contributed by atoms with van der Waals surface area (Å²) in [6.45, 7) is 6.25. The standard InChI is InChI=1S/C16H18O/c1-12-8-7-9-13(2)16(12)17-14(3)15-10-5-4-6-11-15/h4-11,14H,1-3H3/t14-/m0/s1. The fourth-order valence-electron chi connectivity index (χ4n) is 1.95. The first-order valence-electron chi connectivity index (χ1n) is 5.96. The Kier molecular flexibility index (Phi) is 3.48. The summed E-state index contributed by atoms with van der Waals surface area (Å²) in [4.78, 5) is 0. The van der Waals surface area contributed by atoms with Crippen LogP contribution in [0.25, 0.3) is 0 Å². The second-order valence-electron chi connectivity index (χ2n) is 4.39. The highest BCUT2D eigenvalue weighted by Crippen LogP contribution is 2.27. The van der Waals surface area contributed by atoms with E-state index in [0.29, 0.717) is 0 Å². The van der Waals surface area contributed by atoms with E-state index in [1.54, 1.807) is 0 Å². The summed E-state index contributed by atoms with van der Waals surface area (Å²) in [6, 6.07) is 16.5. The molecule has 1 atom stereocenters. The first-order chi connectivity index (χ1) is 8.18. The molecule has 0 aliphatic rings. The van der Waals surface area contributed by atoms with Crippen molar-refractivity contribution in [2.45, 2.75) is 26.9 Å². The number of rotatable bonds is 3. The van der Waals surface area contributed by atoms with Crippen molar-refractivity contribution in [3.05, 3.63) is 65.2 Å². The van der Waals surface area contributed by atoms with Crippen molar-refractivity contribution in [2.24, 2.45) is 0 Å². The van der Waals surface area contributed by atoms with Crippen molar-refractivity contribution in [2.75, 3.05) is 0 Å². The van der Waals surface area contributed by atoms with Crippen LogP contribution in [0.3, 0.4) is 0 Å². The molecular weight excluding hydrogens is 208 g/mol. The summed E-state index contributed by atoms with van der Waals surface area (Å²) in [5, 5.41) is 0. The normalized spacial score (nSPS) is 12.2. The van der Waals surface area contributed by atoms with Gasteiger partial charge in [0, 0.05) is 0 Å². The Hall–Kier alpha value is -1.76. The third-order valence-corrected chi connectivity index (χ3v) is 2.97. The Bertz CT molecular complexity index is 468. The molecule has 0 fully saturated rings. The number of hydrogen-bond acceptors (Lipinski definition) is 1. The summed E-state index contributed by atoms with van der Waals surface area (Å²) < 4.78 is 6.06. The molecule has 0 heterocycles. The van der Waals surface area contributed by atoms with E-state index in [1.165, 1.54) is 16.7 Å². The smallest absolute Gasteiger partial charge is 0.126 e. The van der Waals surface area contributed by atoms with Gasteiger partial charge in [0.15, 0.2) is 0 Å². The molecule has 2 aromatic carbocycles. The molecule has 17 heavy (non-hydrogen) atoms. The molecule has 0 aliphatic heterocycles. The van der Waals surface area contributed by atoms with E-state index >= 15 is 0 Å². The molecule has 2 aromatic rings. The van der Waals surface area contributed by atoms with Gasteiger partial charge in [0.25, 0.3) is 0 Å². The van der Waals surface area contributed by atoms with Crippen LogP contribution in [-0.2, 0) is 0 Å². The average molecular weight is 226 g/mol. The van der Waals surface area contributed by atoms with E-state index in [2.05, 4.69) is 51.1 Å². The van der Waals surface area contributed by atoms with E-state index in [-0.39, 0.29) is 6.10 Å². The molecule has 0 unspecified atom stereocenters. The van der Waals surface area contributed by atoms with Crippen LogP contribution in [0.15, 0.2) is 48.5 Å². The molecule has 0 aromatic heterocycles. The second kappa shape index (κ2) is 5.05. The monoisotopic (exact) mass is 226 g/mol. The predicted octanol–water partition coefficient (Wildman–Crippen LogP) is 4.44. The molecule has 0 saturated carbocycles. The topological polar surface area (TPSA) is 9.23 Å². The Morgan fingerprint density at radius 3 is 2.00 bits per heavy atom. The lowest BCUT2D eigenvalue weighted by Gasteiger charge is -2.18. The minimum Gasteiger partial charge on any atom is -0.485 e. The van der Waals surface area contributed by atoms with Crippen molar-refractivity contribution < 1.29 is 4.74 Å². The molecule has 1 nitrogen and oxygen atoms in total. The van der Waals surface area contributed by atoms with Crippen LogP contribution in [0.4, 0.5) is 0 Å². The lowest BCUT2D eigenvalue weighted by atomic mass is 10.1. The summed E-state index contributed by atoms with van der Waals surface area (Å²) >= 11 is 0. The van der Waals surface area contributed by atoms with Gasteiger partial charge >= 0.3 is 0 Å². The van der Waals surface area contributed by atoms with Crippen LogP contribution < -0.4 is 4.74 Å². The Morgan fingerprint density at radius 2 is 1.41 bits per heavy atom. The quantitative estimate of drug-likeness (QED) is 0.751. The van der Waals surface area contributed by atoms with Crippen LogP contribution in [-0.4, -0.2) is 0 Å². The first kappa shape index (κ1) is 11.7. The Labute approximate surface area is 103 Å². The molecule has 0 saturated heterocycles. The van der Waals surface area contributed by atoms with E-state index < -0.39 is 0 Å². The van der Waals surface area contributed by atoms with Gasteiger partial charge in [0.2, 0.25) is 0 Å². The SMILES string of the molecule is Cc1cccc(C)c1O[C@@H](C)c1ccccc1. The molecule has 2 rings (SSSR count). The highest BCUT2D eigenvalue weighted by molar-refractivity contribution is 5.40. The minimum absolute atomic E-state index is 0.0796. The minimum atomic E-state index is 0.0796. The predicted molar refractivity (Wildman–Crippen MR) is 71.4 cm³/mol. The maximum absolute atomic E-state index is 6.06. The van der Waals surface area contributed by atoms with Crippen molar-refractivity contribution in [3.63, 3.8) is 0 Å². The lowest BCUT2D eigenvalue weighted by Crippen LogP contribution is -2.05. The van der Waals surface area contributed by atoms with Gasteiger partial charge in [0.05, 0.1) is 0 Å². The number of hydrogen-bond donors (Lipinski definition) is 0. The van der Waals surface area contributed by atoms with Crippen molar-refractivity contribution in [3.8, 4) is 5.75 Å². The van der Waals surface area contributed by atoms with Crippen LogP contribution >= 0.6 is 0 Å². The first-order valence-corrected chi connectivity index (χ1v) is 5.96. The summed E-state index contributed by atoms with van der Waals surface area (Å²) in [7, 11) is 0. The average Bonchev–Trinajstić information content (AvgIpc) is 2.35. The molecule has 0 spiro atoms. The summed E-state index contributed by atoms with van der Waals surface area (Å²) in [6.07, 6.45) is 0.0796. The molecule has 0 bridgehead atoms. The lowest BCUT2D eigenvalue weighted by molar-refractivity contribution is 0.224. The zero-order valence-corrected chi connectivity index (χ0v) is 10.6. The number of benzene rings is 2. The van der Waals surface area contributed by atoms with Gasteiger partial charge in [-0.2, -0.15) is 0 Å². The maximum Gasteiger partial charge on any atom is 0.126 e. The molecule has 0 aliphatic carbocycles. The highest BCUT2D eigenvalue weighted by Gasteiger charge is 2.10. The van der Waals surface area contributed by atoms with Gasteiger partial charge < -0.3 is 4.74 Å². The zero-order valence-electron chi connectivity index (χ0n) is 10.6. The maximum atomic E-state index is 6.06. The second-order valence-corrected chi connectivity index (χ2v) is 4.39. The largest absolute Gasteiger partial charge is 0.485 e. The van der Waals surface area contributed by atoms with Crippen molar-refractivity contribution in [1.29, 1.82) is 0 Å². The van der Waals surface area contributed by atoms with Gasteiger partial charge in [-0.25, -0.2) is 0 Å². The van der Waals surface area contributed by atoms with E-state index in [0.717, 1.165) is 5.75 Å². The van der Waals surface area contributed by atoms with E-state index in [9.17, 15) is 0 Å². The summed E-state index contributed by atoms with van der Waals surface area (Å²) in [5.74, 6) is 1.00. The summed E-state index contributed by atoms with van der Waals surface area (Å²) in [5.41, 5.74) is 3.58. The van der Waals surface area contributed by atoms with Gasteiger partial charge in [-0.15, -0.1) is 0 Å². The molecule has 0 N–H and O–H groups in total. The molecular formula is C16H18O. The van der Waals surface area contributed by atoms with Gasteiger partial charge in [-0.05, 0) is 37.5 Å². The molecule has 1 heteroatoms. The fourth-order valence-corrected chi connectivity index (χ4v) is 1.95. The van der Waals surface area contributed by atoms with E-state index in [4.69, 9.17) is 4.74 Å². The van der Waals surface area contributed by atoms with Gasteiger partial charge in [0.1, 0.15) is 11.9 Å².